The molecule has 0 amide bonds. The second-order valence-corrected chi connectivity index (χ2v) is 5.91. The summed E-state index contributed by atoms with van der Waals surface area (Å²) in [7, 11) is 0. The van der Waals surface area contributed by atoms with Gasteiger partial charge in [-0.1, -0.05) is 38.3 Å². The maximum atomic E-state index is 9.97. The van der Waals surface area contributed by atoms with Gasteiger partial charge in [-0.3, -0.25) is 0 Å². The van der Waals surface area contributed by atoms with Crippen molar-refractivity contribution in [2.24, 2.45) is 0 Å². The highest BCUT2D eigenvalue weighted by Gasteiger charge is 2.40. The van der Waals surface area contributed by atoms with Crippen LogP contribution in [-0.4, -0.2) is 59.6 Å². The Hall–Kier alpha value is -0.460. The number of allylic oxidation sites excluding steroid dienone is 2. The van der Waals surface area contributed by atoms with E-state index >= 15 is 0 Å². The average Bonchev–Trinajstić information content (AvgIpc) is 2.89. The third-order valence-electron chi connectivity index (χ3n) is 3.96. The number of aliphatic hydroxyl groups is 3. The lowest BCUT2D eigenvalue weighted by molar-refractivity contribution is -0.0730. The zero-order chi connectivity index (χ0) is 16.2. The summed E-state index contributed by atoms with van der Waals surface area (Å²) >= 11 is 0. The molecule has 22 heavy (non-hydrogen) atoms. The fourth-order valence-corrected chi connectivity index (χ4v) is 2.56. The quantitative estimate of drug-likeness (QED) is 0.378. The van der Waals surface area contributed by atoms with Gasteiger partial charge in [-0.2, -0.15) is 0 Å². The van der Waals surface area contributed by atoms with Crippen LogP contribution in [0, 0.1) is 0 Å². The minimum atomic E-state index is -1.05. The molecule has 0 aromatic heterocycles. The largest absolute Gasteiger partial charge is 0.394 e. The normalized spacial score (nSPS) is 26.8. The average molecular weight is 316 g/mol. The standard InChI is InChI=1S/C17H32O5/c1-2-3-4-5-6-7-8-9-10-11-21-15-13-22-17(16(15)20)14(19)12-18/h4-5,14-20H,2-3,6-13H2,1H3/b5-4+/t14-,15+,16-,17-/m1/s1. The first-order valence-corrected chi connectivity index (χ1v) is 8.55. The fourth-order valence-electron chi connectivity index (χ4n) is 2.56. The van der Waals surface area contributed by atoms with Gasteiger partial charge in [0.15, 0.2) is 0 Å². The van der Waals surface area contributed by atoms with E-state index in [0.29, 0.717) is 6.61 Å². The number of ether oxygens (including phenoxy) is 2. The summed E-state index contributed by atoms with van der Waals surface area (Å²) < 4.78 is 10.9. The lowest BCUT2D eigenvalue weighted by Crippen LogP contribution is -2.41. The SMILES string of the molecule is CCC/C=C/CCCCCCO[C@H]1CO[C@H]([C@H](O)CO)[C@@H]1O. The van der Waals surface area contributed by atoms with Gasteiger partial charge in [-0.15, -0.1) is 0 Å². The predicted molar refractivity (Wildman–Crippen MR) is 85.7 cm³/mol. The van der Waals surface area contributed by atoms with Gasteiger partial charge in [0.1, 0.15) is 24.4 Å². The molecule has 0 spiro atoms. The fraction of sp³-hybridized carbons (Fsp3) is 0.882. The van der Waals surface area contributed by atoms with Crippen LogP contribution in [-0.2, 0) is 9.47 Å². The van der Waals surface area contributed by atoms with Crippen LogP contribution in [0.25, 0.3) is 0 Å². The van der Waals surface area contributed by atoms with Crippen LogP contribution in [0.5, 0.6) is 0 Å². The summed E-state index contributed by atoms with van der Waals surface area (Å²) in [6, 6.07) is 0. The Morgan fingerprint density at radius 1 is 1.18 bits per heavy atom. The second kappa shape index (κ2) is 12.0. The Morgan fingerprint density at radius 3 is 2.64 bits per heavy atom. The van der Waals surface area contributed by atoms with E-state index in [1.165, 1.54) is 25.7 Å². The van der Waals surface area contributed by atoms with E-state index in [1.807, 2.05) is 0 Å². The predicted octanol–water partition coefficient (Wildman–Crippen LogP) is 1.79. The van der Waals surface area contributed by atoms with Crippen molar-refractivity contribution in [3.8, 4) is 0 Å². The van der Waals surface area contributed by atoms with Gasteiger partial charge in [0.2, 0.25) is 0 Å². The Bertz CT molecular complexity index is 295. The molecular weight excluding hydrogens is 284 g/mol. The number of unbranched alkanes of at least 4 members (excludes halogenated alkanes) is 5. The highest BCUT2D eigenvalue weighted by Crippen LogP contribution is 2.20. The molecule has 0 aliphatic carbocycles. The number of rotatable bonds is 12. The summed E-state index contributed by atoms with van der Waals surface area (Å²) in [5, 5.41) is 28.3. The molecule has 130 valence electrons. The van der Waals surface area contributed by atoms with Crippen molar-refractivity contribution >= 4 is 0 Å². The van der Waals surface area contributed by atoms with Crippen molar-refractivity contribution in [1.29, 1.82) is 0 Å². The first-order chi connectivity index (χ1) is 10.7. The molecule has 1 fully saturated rings. The van der Waals surface area contributed by atoms with Crippen molar-refractivity contribution in [3.63, 3.8) is 0 Å². The van der Waals surface area contributed by atoms with E-state index in [-0.39, 0.29) is 6.61 Å². The van der Waals surface area contributed by atoms with Crippen molar-refractivity contribution < 1.29 is 24.8 Å². The molecule has 0 bridgehead atoms. The summed E-state index contributed by atoms with van der Waals surface area (Å²) in [6.45, 7) is 2.63. The Kier molecular flexibility index (Phi) is 10.7. The van der Waals surface area contributed by atoms with Gasteiger partial charge < -0.3 is 24.8 Å². The van der Waals surface area contributed by atoms with E-state index in [4.69, 9.17) is 14.6 Å². The molecule has 1 rings (SSSR count). The lowest BCUT2D eigenvalue weighted by atomic mass is 10.1. The molecule has 0 aromatic rings. The van der Waals surface area contributed by atoms with Crippen LogP contribution in [0.3, 0.4) is 0 Å². The molecule has 5 heteroatoms. The summed E-state index contributed by atoms with van der Waals surface area (Å²) in [4.78, 5) is 0. The molecule has 5 nitrogen and oxygen atoms in total. The number of aliphatic hydroxyl groups excluding tert-OH is 3. The summed E-state index contributed by atoms with van der Waals surface area (Å²) in [5.74, 6) is 0. The molecule has 0 aromatic carbocycles. The van der Waals surface area contributed by atoms with Crippen LogP contribution in [0.2, 0.25) is 0 Å². The molecule has 0 radical (unpaired) electrons. The molecular formula is C17H32O5. The maximum Gasteiger partial charge on any atom is 0.114 e. The topological polar surface area (TPSA) is 79.2 Å². The molecule has 1 heterocycles. The lowest BCUT2D eigenvalue weighted by Gasteiger charge is -2.20. The van der Waals surface area contributed by atoms with E-state index in [2.05, 4.69) is 19.1 Å². The van der Waals surface area contributed by atoms with Crippen LogP contribution in [0.15, 0.2) is 12.2 Å². The highest BCUT2D eigenvalue weighted by atomic mass is 16.6. The monoisotopic (exact) mass is 316 g/mol. The molecule has 1 saturated heterocycles. The summed E-state index contributed by atoms with van der Waals surface area (Å²) in [6.07, 6.45) is 9.46. The van der Waals surface area contributed by atoms with Gasteiger partial charge >= 0.3 is 0 Å². The van der Waals surface area contributed by atoms with E-state index in [9.17, 15) is 10.2 Å². The number of hydrogen-bond donors (Lipinski definition) is 3. The first-order valence-electron chi connectivity index (χ1n) is 8.55. The first kappa shape index (κ1) is 19.6. The Balaban J connectivity index is 1.99. The van der Waals surface area contributed by atoms with E-state index in [0.717, 1.165) is 19.3 Å². The van der Waals surface area contributed by atoms with Crippen molar-refractivity contribution in [2.75, 3.05) is 19.8 Å². The zero-order valence-electron chi connectivity index (χ0n) is 13.7. The minimum Gasteiger partial charge on any atom is -0.394 e. The van der Waals surface area contributed by atoms with Crippen LogP contribution < -0.4 is 0 Å². The van der Waals surface area contributed by atoms with Gasteiger partial charge in [-0.05, 0) is 25.7 Å². The molecule has 0 saturated carbocycles. The van der Waals surface area contributed by atoms with Gasteiger partial charge in [0.25, 0.3) is 0 Å². The van der Waals surface area contributed by atoms with Gasteiger partial charge in [-0.25, -0.2) is 0 Å². The van der Waals surface area contributed by atoms with Gasteiger partial charge in [0, 0.05) is 6.61 Å². The minimum absolute atomic E-state index is 0.269. The highest BCUT2D eigenvalue weighted by molar-refractivity contribution is 4.88. The molecule has 1 aliphatic rings. The second-order valence-electron chi connectivity index (χ2n) is 5.91. The smallest absolute Gasteiger partial charge is 0.114 e. The molecule has 1 aliphatic heterocycles. The third-order valence-corrected chi connectivity index (χ3v) is 3.96. The van der Waals surface area contributed by atoms with Crippen molar-refractivity contribution in [3.05, 3.63) is 12.2 Å². The molecule has 4 atom stereocenters. The van der Waals surface area contributed by atoms with Crippen LogP contribution in [0.1, 0.15) is 51.9 Å². The van der Waals surface area contributed by atoms with Crippen LogP contribution in [0.4, 0.5) is 0 Å². The van der Waals surface area contributed by atoms with E-state index in [1.54, 1.807) is 0 Å². The summed E-state index contributed by atoms with van der Waals surface area (Å²) in [5.41, 5.74) is 0. The van der Waals surface area contributed by atoms with Crippen molar-refractivity contribution in [1.82, 2.24) is 0 Å². The molecule has 3 N–H and O–H groups in total. The Labute approximate surface area is 133 Å². The zero-order valence-corrected chi connectivity index (χ0v) is 13.7. The number of hydrogen-bond acceptors (Lipinski definition) is 5. The van der Waals surface area contributed by atoms with E-state index < -0.39 is 31.0 Å². The van der Waals surface area contributed by atoms with Crippen LogP contribution >= 0.6 is 0 Å². The van der Waals surface area contributed by atoms with Gasteiger partial charge in [0.05, 0.1) is 13.2 Å². The van der Waals surface area contributed by atoms with Crippen molar-refractivity contribution in [2.45, 2.75) is 76.3 Å². The molecule has 0 unspecified atom stereocenters. The Morgan fingerprint density at radius 2 is 1.91 bits per heavy atom. The maximum absolute atomic E-state index is 9.97. The third kappa shape index (κ3) is 7.20.